The van der Waals surface area contributed by atoms with E-state index in [1.54, 1.807) is 28.4 Å². The van der Waals surface area contributed by atoms with Gasteiger partial charge in [0.05, 0.1) is 17.9 Å². The van der Waals surface area contributed by atoms with Gasteiger partial charge in [-0.25, -0.2) is 4.79 Å². The molecular formula is C13H18N4OS. The molecule has 0 aliphatic heterocycles. The van der Waals surface area contributed by atoms with Crippen molar-refractivity contribution in [2.75, 3.05) is 5.32 Å². The van der Waals surface area contributed by atoms with Crippen LogP contribution >= 0.6 is 11.3 Å². The topological polar surface area (TPSA) is 59.0 Å². The summed E-state index contributed by atoms with van der Waals surface area (Å²) in [5.41, 5.74) is 1.86. The van der Waals surface area contributed by atoms with E-state index in [9.17, 15) is 4.79 Å². The molecule has 2 aromatic heterocycles. The van der Waals surface area contributed by atoms with E-state index in [1.165, 1.54) is 15.3 Å². The second-order valence-corrected chi connectivity index (χ2v) is 6.05. The molecule has 6 heteroatoms. The summed E-state index contributed by atoms with van der Waals surface area (Å²) < 4.78 is 1.64. The molecule has 2 heterocycles. The van der Waals surface area contributed by atoms with Gasteiger partial charge in [-0.3, -0.25) is 4.68 Å². The van der Waals surface area contributed by atoms with E-state index < -0.39 is 0 Å². The van der Waals surface area contributed by atoms with Crippen molar-refractivity contribution in [1.29, 1.82) is 0 Å². The van der Waals surface area contributed by atoms with E-state index in [2.05, 4.69) is 35.6 Å². The van der Waals surface area contributed by atoms with E-state index >= 15 is 0 Å². The number of amides is 2. The predicted octanol–water partition coefficient (Wildman–Crippen LogP) is 2.98. The number of aryl methyl sites for hydroxylation is 3. The van der Waals surface area contributed by atoms with Gasteiger partial charge in [-0.1, -0.05) is 0 Å². The Bertz CT molecular complexity index is 587. The summed E-state index contributed by atoms with van der Waals surface area (Å²) in [6.07, 6.45) is 3.37. The standard InChI is InChI=1S/C13H18N4OS/c1-8-5-12(10(3)19-8)9(2)15-13(18)16-11-6-14-17(4)7-11/h5-7,9H,1-4H3,(H2,15,16,18). The van der Waals surface area contributed by atoms with Crippen molar-refractivity contribution in [3.05, 3.63) is 33.8 Å². The molecule has 0 saturated carbocycles. The summed E-state index contributed by atoms with van der Waals surface area (Å²) in [6, 6.07) is 1.89. The lowest BCUT2D eigenvalue weighted by atomic mass is 10.1. The molecule has 19 heavy (non-hydrogen) atoms. The number of rotatable bonds is 3. The van der Waals surface area contributed by atoms with Gasteiger partial charge in [0.1, 0.15) is 0 Å². The van der Waals surface area contributed by atoms with Crippen LogP contribution in [0, 0.1) is 13.8 Å². The molecule has 102 valence electrons. The van der Waals surface area contributed by atoms with Gasteiger partial charge >= 0.3 is 6.03 Å². The minimum atomic E-state index is -0.219. The highest BCUT2D eigenvalue weighted by Crippen LogP contribution is 2.26. The highest BCUT2D eigenvalue weighted by Gasteiger charge is 2.14. The molecule has 5 nitrogen and oxygen atoms in total. The van der Waals surface area contributed by atoms with E-state index in [0.717, 1.165) is 0 Å². The van der Waals surface area contributed by atoms with Gasteiger partial charge in [-0.2, -0.15) is 5.10 Å². The number of anilines is 1. The molecule has 1 unspecified atom stereocenters. The highest BCUT2D eigenvalue weighted by molar-refractivity contribution is 7.12. The van der Waals surface area contributed by atoms with Crippen molar-refractivity contribution in [3.63, 3.8) is 0 Å². The molecule has 2 aromatic rings. The zero-order chi connectivity index (χ0) is 14.0. The lowest BCUT2D eigenvalue weighted by molar-refractivity contribution is 0.249. The summed E-state index contributed by atoms with van der Waals surface area (Å²) >= 11 is 1.75. The molecule has 2 amide bonds. The lowest BCUT2D eigenvalue weighted by Gasteiger charge is -2.14. The number of nitrogens with one attached hydrogen (secondary N) is 2. The minimum absolute atomic E-state index is 0.0124. The average Bonchev–Trinajstić information content (AvgIpc) is 2.84. The van der Waals surface area contributed by atoms with Crippen molar-refractivity contribution in [1.82, 2.24) is 15.1 Å². The van der Waals surface area contributed by atoms with Crippen LogP contribution in [0.2, 0.25) is 0 Å². The zero-order valence-electron chi connectivity index (χ0n) is 11.5. The molecule has 2 N–H and O–H groups in total. The molecule has 1 atom stereocenters. The summed E-state index contributed by atoms with van der Waals surface area (Å²) in [6.45, 7) is 6.13. The van der Waals surface area contributed by atoms with Crippen molar-refractivity contribution < 1.29 is 4.79 Å². The Morgan fingerprint density at radius 1 is 1.47 bits per heavy atom. The van der Waals surface area contributed by atoms with E-state index in [1.807, 2.05) is 14.0 Å². The van der Waals surface area contributed by atoms with Crippen LogP contribution in [0.25, 0.3) is 0 Å². The first-order valence-corrected chi connectivity index (χ1v) is 6.90. The third-order valence-corrected chi connectivity index (χ3v) is 3.84. The van der Waals surface area contributed by atoms with Crippen LogP contribution in [0.1, 0.15) is 28.3 Å². The van der Waals surface area contributed by atoms with Crippen LogP contribution in [0.3, 0.4) is 0 Å². The fourth-order valence-corrected chi connectivity index (χ4v) is 3.03. The van der Waals surface area contributed by atoms with Gasteiger partial charge in [-0.15, -0.1) is 11.3 Å². The van der Waals surface area contributed by atoms with Crippen LogP contribution in [0.4, 0.5) is 10.5 Å². The minimum Gasteiger partial charge on any atom is -0.331 e. The largest absolute Gasteiger partial charge is 0.331 e. The van der Waals surface area contributed by atoms with Crippen molar-refractivity contribution in [2.24, 2.45) is 7.05 Å². The van der Waals surface area contributed by atoms with Gasteiger partial charge in [0, 0.05) is 23.0 Å². The maximum Gasteiger partial charge on any atom is 0.319 e. The molecule has 0 saturated heterocycles. The maximum atomic E-state index is 11.9. The highest BCUT2D eigenvalue weighted by atomic mass is 32.1. The molecule has 0 aliphatic carbocycles. The molecule has 0 aliphatic rings. The van der Waals surface area contributed by atoms with Crippen molar-refractivity contribution in [2.45, 2.75) is 26.8 Å². The normalized spacial score (nSPS) is 12.2. The smallest absolute Gasteiger partial charge is 0.319 e. The first-order chi connectivity index (χ1) is 8.95. The van der Waals surface area contributed by atoms with Crippen LogP contribution < -0.4 is 10.6 Å². The summed E-state index contributed by atoms with van der Waals surface area (Å²) in [5.74, 6) is 0. The molecular weight excluding hydrogens is 260 g/mol. The molecule has 2 rings (SSSR count). The SMILES string of the molecule is Cc1cc(C(C)NC(=O)Nc2cnn(C)c2)c(C)s1. The summed E-state index contributed by atoms with van der Waals surface area (Å²) in [7, 11) is 1.81. The van der Waals surface area contributed by atoms with E-state index in [4.69, 9.17) is 0 Å². The second kappa shape index (κ2) is 5.44. The van der Waals surface area contributed by atoms with Crippen LogP contribution in [0.5, 0.6) is 0 Å². The third-order valence-electron chi connectivity index (χ3n) is 2.86. The van der Waals surface area contributed by atoms with Crippen LogP contribution in [-0.4, -0.2) is 15.8 Å². The number of carbonyl (C=O) groups is 1. The fourth-order valence-electron chi connectivity index (χ4n) is 2.01. The average molecular weight is 278 g/mol. The zero-order valence-corrected chi connectivity index (χ0v) is 12.3. The lowest BCUT2D eigenvalue weighted by Crippen LogP contribution is -2.31. The van der Waals surface area contributed by atoms with Crippen LogP contribution in [0.15, 0.2) is 18.5 Å². The predicted molar refractivity (Wildman–Crippen MR) is 77.6 cm³/mol. The quantitative estimate of drug-likeness (QED) is 0.906. The van der Waals surface area contributed by atoms with Crippen molar-refractivity contribution >= 4 is 23.1 Å². The first kappa shape index (κ1) is 13.6. The Morgan fingerprint density at radius 3 is 2.74 bits per heavy atom. The number of urea groups is 1. The number of hydrogen-bond acceptors (Lipinski definition) is 3. The number of nitrogens with zero attached hydrogens (tertiary/aromatic N) is 2. The Labute approximate surface area is 116 Å². The van der Waals surface area contributed by atoms with Crippen molar-refractivity contribution in [3.8, 4) is 0 Å². The Morgan fingerprint density at radius 2 is 2.21 bits per heavy atom. The van der Waals surface area contributed by atoms with Gasteiger partial charge in [0.15, 0.2) is 0 Å². The third kappa shape index (κ3) is 3.35. The maximum absolute atomic E-state index is 11.9. The summed E-state index contributed by atoms with van der Waals surface area (Å²) in [4.78, 5) is 14.4. The fraction of sp³-hybridized carbons (Fsp3) is 0.385. The monoisotopic (exact) mass is 278 g/mol. The van der Waals surface area contributed by atoms with Crippen LogP contribution in [-0.2, 0) is 7.05 Å². The Balaban J connectivity index is 1.97. The molecule has 0 aromatic carbocycles. The molecule has 0 fully saturated rings. The Kier molecular flexibility index (Phi) is 3.90. The molecule has 0 bridgehead atoms. The first-order valence-electron chi connectivity index (χ1n) is 6.09. The van der Waals surface area contributed by atoms with Gasteiger partial charge < -0.3 is 10.6 Å². The Hall–Kier alpha value is -1.82. The number of aromatic nitrogens is 2. The van der Waals surface area contributed by atoms with Gasteiger partial charge in [0.25, 0.3) is 0 Å². The van der Waals surface area contributed by atoms with E-state index in [-0.39, 0.29) is 12.1 Å². The second-order valence-electron chi connectivity index (χ2n) is 4.59. The molecule has 0 spiro atoms. The number of thiophene rings is 1. The summed E-state index contributed by atoms with van der Waals surface area (Å²) in [5, 5.41) is 9.69. The number of hydrogen-bond donors (Lipinski definition) is 2. The van der Waals surface area contributed by atoms with Gasteiger partial charge in [0.2, 0.25) is 0 Å². The number of carbonyl (C=O) groups excluding carboxylic acids is 1. The van der Waals surface area contributed by atoms with E-state index in [0.29, 0.717) is 5.69 Å². The molecule has 0 radical (unpaired) electrons. The van der Waals surface area contributed by atoms with Gasteiger partial charge in [-0.05, 0) is 32.4 Å².